The number of carboxylic acid groups (broad SMARTS) is 1. The van der Waals surface area contributed by atoms with Gasteiger partial charge in [-0.3, -0.25) is 4.79 Å². The van der Waals surface area contributed by atoms with Gasteiger partial charge in [0.05, 0.1) is 17.9 Å². The average molecular weight is 297 g/mol. The molecule has 0 aliphatic rings. The number of nitrogens with zero attached hydrogens (tertiary/aromatic N) is 3. The van der Waals surface area contributed by atoms with E-state index in [-0.39, 0.29) is 23.7 Å². The van der Waals surface area contributed by atoms with Gasteiger partial charge in [0.2, 0.25) is 10.0 Å². The summed E-state index contributed by atoms with van der Waals surface area (Å²) < 4.78 is 26.2. The zero-order valence-corrected chi connectivity index (χ0v) is 11.0. The molecule has 0 atom stereocenters. The van der Waals surface area contributed by atoms with Gasteiger partial charge < -0.3 is 5.11 Å². The highest BCUT2D eigenvalue weighted by atomic mass is 32.2. The molecular weight excluding hydrogens is 286 g/mol. The van der Waals surface area contributed by atoms with E-state index >= 15 is 0 Å². The summed E-state index contributed by atoms with van der Waals surface area (Å²) in [4.78, 5) is 10.6. The number of hydrogen-bond acceptors (Lipinski definition) is 6. The second kappa shape index (κ2) is 5.75. The smallest absolute Gasteiger partial charge is 0.307 e. The normalized spacial score (nSPS) is 11.4. The Morgan fingerprint density at radius 1 is 1.30 bits per heavy atom. The third kappa shape index (κ3) is 3.59. The van der Waals surface area contributed by atoms with Crippen molar-refractivity contribution in [2.45, 2.75) is 17.9 Å². The second-order valence-electron chi connectivity index (χ2n) is 3.87. The molecule has 106 valence electrons. The van der Waals surface area contributed by atoms with Gasteiger partial charge in [-0.1, -0.05) is 17.3 Å². The summed E-state index contributed by atoms with van der Waals surface area (Å²) >= 11 is 0. The molecule has 20 heavy (non-hydrogen) atoms. The Balaban J connectivity index is 2.07. The Bertz CT molecular complexity index is 681. The van der Waals surface area contributed by atoms with Gasteiger partial charge in [-0.15, -0.1) is 10.2 Å². The van der Waals surface area contributed by atoms with Crippen molar-refractivity contribution in [1.29, 1.82) is 0 Å². The molecule has 9 nitrogen and oxygen atoms in total. The molecule has 2 rings (SSSR count). The monoisotopic (exact) mass is 297 g/mol. The molecular formula is C10H11N5O4S. The molecule has 1 aromatic heterocycles. The minimum absolute atomic E-state index is 0.0372. The van der Waals surface area contributed by atoms with Crippen molar-refractivity contribution in [2.24, 2.45) is 0 Å². The van der Waals surface area contributed by atoms with Crippen LogP contribution in [-0.4, -0.2) is 40.1 Å². The van der Waals surface area contributed by atoms with Crippen molar-refractivity contribution in [3.8, 4) is 0 Å². The van der Waals surface area contributed by atoms with Crippen molar-refractivity contribution in [2.75, 3.05) is 0 Å². The Hall–Kier alpha value is -2.33. The number of aromatic amines is 1. The molecule has 0 aliphatic heterocycles. The maximum atomic E-state index is 11.9. The molecule has 0 saturated heterocycles. The Morgan fingerprint density at radius 3 is 2.55 bits per heavy atom. The molecule has 10 heteroatoms. The van der Waals surface area contributed by atoms with E-state index in [0.717, 1.165) is 0 Å². The van der Waals surface area contributed by atoms with Crippen molar-refractivity contribution >= 4 is 16.0 Å². The number of hydrogen-bond donors (Lipinski definition) is 3. The van der Waals surface area contributed by atoms with Crippen molar-refractivity contribution in [1.82, 2.24) is 25.3 Å². The summed E-state index contributed by atoms with van der Waals surface area (Å²) in [7, 11) is -3.70. The molecule has 3 N–H and O–H groups in total. The summed E-state index contributed by atoms with van der Waals surface area (Å²) in [6.07, 6.45) is -0.156. The van der Waals surface area contributed by atoms with Gasteiger partial charge in [0.1, 0.15) is 0 Å². The lowest BCUT2D eigenvalue weighted by Crippen LogP contribution is -2.23. The van der Waals surface area contributed by atoms with Crippen LogP contribution in [0.3, 0.4) is 0 Å². The molecule has 0 fully saturated rings. The van der Waals surface area contributed by atoms with Gasteiger partial charge in [0.25, 0.3) is 0 Å². The molecule has 1 aromatic carbocycles. The standard InChI is InChI=1S/C10H11N5O4S/c16-10(17)5-7-1-3-8(4-2-7)20(18,19)11-6-9-12-14-15-13-9/h1-4,11H,5-6H2,(H,16,17)(H,12,13,14,15). The zero-order chi connectivity index (χ0) is 14.6. The van der Waals surface area contributed by atoms with Crippen LogP contribution in [-0.2, 0) is 27.8 Å². The number of H-pyrrole nitrogens is 1. The van der Waals surface area contributed by atoms with Gasteiger partial charge in [-0.25, -0.2) is 13.1 Å². The Kier molecular flexibility index (Phi) is 4.05. The minimum atomic E-state index is -3.70. The number of carbonyl (C=O) groups is 1. The predicted octanol–water partition coefficient (Wildman–Crippen LogP) is -0.695. The summed E-state index contributed by atoms with van der Waals surface area (Å²) in [5, 5.41) is 21.4. The van der Waals surface area contributed by atoms with Crippen LogP contribution in [0.5, 0.6) is 0 Å². The Labute approximate surface area is 114 Å². The van der Waals surface area contributed by atoms with E-state index in [1.165, 1.54) is 24.3 Å². The van der Waals surface area contributed by atoms with Crippen molar-refractivity contribution < 1.29 is 18.3 Å². The number of sulfonamides is 1. The molecule has 0 aliphatic carbocycles. The van der Waals surface area contributed by atoms with Crippen LogP contribution in [0.4, 0.5) is 0 Å². The summed E-state index contributed by atoms with van der Waals surface area (Å²) in [6, 6.07) is 5.60. The lowest BCUT2D eigenvalue weighted by atomic mass is 10.2. The maximum Gasteiger partial charge on any atom is 0.307 e. The van der Waals surface area contributed by atoms with Gasteiger partial charge in [0.15, 0.2) is 5.82 Å². The van der Waals surface area contributed by atoms with Gasteiger partial charge >= 0.3 is 5.97 Å². The minimum Gasteiger partial charge on any atom is -0.481 e. The van der Waals surface area contributed by atoms with Crippen LogP contribution < -0.4 is 4.72 Å². The fourth-order valence-corrected chi connectivity index (χ4v) is 2.44. The fourth-order valence-electron chi connectivity index (χ4n) is 1.46. The first kappa shape index (κ1) is 14.1. The van der Waals surface area contributed by atoms with E-state index in [9.17, 15) is 13.2 Å². The van der Waals surface area contributed by atoms with E-state index in [0.29, 0.717) is 5.56 Å². The first-order valence-electron chi connectivity index (χ1n) is 5.50. The highest BCUT2D eigenvalue weighted by molar-refractivity contribution is 7.89. The molecule has 0 radical (unpaired) electrons. The van der Waals surface area contributed by atoms with E-state index in [2.05, 4.69) is 25.3 Å². The van der Waals surface area contributed by atoms with Crippen LogP contribution in [0.2, 0.25) is 0 Å². The van der Waals surface area contributed by atoms with Gasteiger partial charge in [-0.2, -0.15) is 5.21 Å². The quantitative estimate of drug-likeness (QED) is 0.641. The summed E-state index contributed by atoms with van der Waals surface area (Å²) in [5.41, 5.74) is 0.523. The number of aromatic nitrogens is 4. The first-order chi connectivity index (χ1) is 9.47. The number of nitrogens with one attached hydrogen (secondary N) is 2. The van der Waals surface area contributed by atoms with Crippen LogP contribution in [0.1, 0.15) is 11.4 Å². The molecule has 0 unspecified atom stereocenters. The van der Waals surface area contributed by atoms with E-state index in [4.69, 9.17) is 5.11 Å². The average Bonchev–Trinajstić information content (AvgIpc) is 2.89. The van der Waals surface area contributed by atoms with E-state index in [1.807, 2.05) is 0 Å². The van der Waals surface area contributed by atoms with E-state index < -0.39 is 16.0 Å². The molecule has 0 bridgehead atoms. The second-order valence-corrected chi connectivity index (χ2v) is 5.63. The maximum absolute atomic E-state index is 11.9. The number of aliphatic carboxylic acids is 1. The van der Waals surface area contributed by atoms with E-state index in [1.54, 1.807) is 0 Å². The van der Waals surface area contributed by atoms with Gasteiger partial charge in [-0.05, 0) is 17.7 Å². The number of benzene rings is 1. The zero-order valence-electron chi connectivity index (χ0n) is 10.1. The lowest BCUT2D eigenvalue weighted by molar-refractivity contribution is -0.136. The summed E-state index contributed by atoms with van der Waals surface area (Å²) in [5.74, 6) is -0.757. The van der Waals surface area contributed by atoms with Crippen molar-refractivity contribution in [3.63, 3.8) is 0 Å². The van der Waals surface area contributed by atoms with Crippen molar-refractivity contribution in [3.05, 3.63) is 35.7 Å². The lowest BCUT2D eigenvalue weighted by Gasteiger charge is -2.05. The number of rotatable bonds is 6. The Morgan fingerprint density at radius 2 is 2.00 bits per heavy atom. The molecule has 1 heterocycles. The molecule has 0 spiro atoms. The summed E-state index contributed by atoms with van der Waals surface area (Å²) in [6.45, 7) is -0.0876. The van der Waals surface area contributed by atoms with Crippen LogP contribution in [0.15, 0.2) is 29.2 Å². The largest absolute Gasteiger partial charge is 0.481 e. The van der Waals surface area contributed by atoms with Crippen LogP contribution in [0, 0.1) is 0 Å². The highest BCUT2D eigenvalue weighted by Gasteiger charge is 2.14. The van der Waals surface area contributed by atoms with Crippen LogP contribution in [0.25, 0.3) is 0 Å². The highest BCUT2D eigenvalue weighted by Crippen LogP contribution is 2.11. The van der Waals surface area contributed by atoms with Crippen LogP contribution >= 0.6 is 0 Å². The topological polar surface area (TPSA) is 138 Å². The SMILES string of the molecule is O=C(O)Cc1ccc(S(=O)(=O)NCc2nn[nH]n2)cc1. The third-order valence-electron chi connectivity index (χ3n) is 2.40. The van der Waals surface area contributed by atoms with Gasteiger partial charge in [0, 0.05) is 0 Å². The first-order valence-corrected chi connectivity index (χ1v) is 6.98. The molecule has 0 amide bonds. The predicted molar refractivity (Wildman–Crippen MR) is 66.0 cm³/mol. The fraction of sp³-hybridized carbons (Fsp3) is 0.200. The third-order valence-corrected chi connectivity index (χ3v) is 3.82. The number of carboxylic acids is 1. The molecule has 2 aromatic rings. The number of tetrazole rings is 1. The molecule has 0 saturated carbocycles.